The molecule has 0 atom stereocenters. The van der Waals surface area contributed by atoms with Crippen molar-refractivity contribution < 1.29 is 0 Å². The Labute approximate surface area is 142 Å². The lowest BCUT2D eigenvalue weighted by atomic mass is 10.0. The SMILES string of the molecule is CN1CCN(Cc2cccc(-c3cnc4ccncc4c3)c2)CC1. The molecular weight excluding hydrogens is 296 g/mol. The molecule has 4 nitrogen and oxygen atoms in total. The van der Waals surface area contributed by atoms with Gasteiger partial charge in [0.2, 0.25) is 0 Å². The molecule has 3 heterocycles. The van der Waals surface area contributed by atoms with Gasteiger partial charge < -0.3 is 4.90 Å². The van der Waals surface area contributed by atoms with Crippen molar-refractivity contribution >= 4 is 10.9 Å². The molecule has 122 valence electrons. The van der Waals surface area contributed by atoms with Gasteiger partial charge in [0.25, 0.3) is 0 Å². The summed E-state index contributed by atoms with van der Waals surface area (Å²) in [6, 6.07) is 12.9. The predicted molar refractivity (Wildman–Crippen MR) is 97.7 cm³/mol. The van der Waals surface area contributed by atoms with Gasteiger partial charge in [0.15, 0.2) is 0 Å². The molecule has 1 aliphatic rings. The number of hydrogen-bond donors (Lipinski definition) is 0. The number of fused-ring (bicyclic) bond motifs is 1. The van der Waals surface area contributed by atoms with Crippen LogP contribution in [0.15, 0.2) is 55.0 Å². The van der Waals surface area contributed by atoms with Gasteiger partial charge in [-0.1, -0.05) is 18.2 Å². The van der Waals surface area contributed by atoms with E-state index in [-0.39, 0.29) is 0 Å². The molecule has 24 heavy (non-hydrogen) atoms. The molecule has 1 aliphatic heterocycles. The highest BCUT2D eigenvalue weighted by Crippen LogP contribution is 2.23. The fourth-order valence-electron chi connectivity index (χ4n) is 3.24. The van der Waals surface area contributed by atoms with Crippen LogP contribution >= 0.6 is 0 Å². The molecule has 1 fully saturated rings. The van der Waals surface area contributed by atoms with Crippen molar-refractivity contribution in [1.29, 1.82) is 0 Å². The molecule has 2 aromatic heterocycles. The second-order valence-electron chi connectivity index (χ2n) is 6.57. The normalized spacial score (nSPS) is 16.5. The van der Waals surface area contributed by atoms with Gasteiger partial charge in [-0.2, -0.15) is 0 Å². The Hall–Kier alpha value is -2.30. The van der Waals surface area contributed by atoms with Crippen molar-refractivity contribution in [2.45, 2.75) is 6.54 Å². The van der Waals surface area contributed by atoms with Gasteiger partial charge >= 0.3 is 0 Å². The highest BCUT2D eigenvalue weighted by molar-refractivity contribution is 5.82. The minimum absolute atomic E-state index is 0.988. The zero-order valence-corrected chi connectivity index (χ0v) is 14.0. The predicted octanol–water partition coefficient (Wildman–Crippen LogP) is 3.04. The first-order valence-corrected chi connectivity index (χ1v) is 8.48. The van der Waals surface area contributed by atoms with E-state index in [1.807, 2.05) is 18.5 Å². The molecule has 0 bridgehead atoms. The zero-order chi connectivity index (χ0) is 16.4. The molecule has 3 aromatic rings. The fourth-order valence-corrected chi connectivity index (χ4v) is 3.24. The Bertz CT molecular complexity index is 838. The van der Waals surface area contributed by atoms with E-state index >= 15 is 0 Å². The summed E-state index contributed by atoms with van der Waals surface area (Å²) in [5.41, 5.74) is 4.72. The molecule has 1 aromatic carbocycles. The summed E-state index contributed by atoms with van der Waals surface area (Å²) in [6.07, 6.45) is 5.61. The van der Waals surface area contributed by atoms with Crippen LogP contribution < -0.4 is 0 Å². The van der Waals surface area contributed by atoms with Gasteiger partial charge in [0.05, 0.1) is 5.52 Å². The summed E-state index contributed by atoms with van der Waals surface area (Å²) in [7, 11) is 2.19. The van der Waals surface area contributed by atoms with Gasteiger partial charge in [-0.15, -0.1) is 0 Å². The number of likely N-dealkylation sites (N-methyl/N-ethyl adjacent to an activating group) is 1. The average Bonchev–Trinajstić information content (AvgIpc) is 2.63. The highest BCUT2D eigenvalue weighted by atomic mass is 15.2. The van der Waals surface area contributed by atoms with E-state index in [4.69, 9.17) is 0 Å². The summed E-state index contributed by atoms with van der Waals surface area (Å²) in [4.78, 5) is 13.7. The zero-order valence-electron chi connectivity index (χ0n) is 14.0. The first-order chi connectivity index (χ1) is 11.8. The number of hydrogen-bond acceptors (Lipinski definition) is 4. The van der Waals surface area contributed by atoms with Crippen molar-refractivity contribution in [1.82, 2.24) is 19.8 Å². The van der Waals surface area contributed by atoms with Crippen molar-refractivity contribution in [2.24, 2.45) is 0 Å². The van der Waals surface area contributed by atoms with E-state index in [0.29, 0.717) is 0 Å². The number of piperazine rings is 1. The Morgan fingerprint density at radius 1 is 0.958 bits per heavy atom. The van der Waals surface area contributed by atoms with Crippen molar-refractivity contribution in [3.63, 3.8) is 0 Å². The summed E-state index contributed by atoms with van der Waals surface area (Å²) in [5, 5.41) is 1.08. The van der Waals surface area contributed by atoms with Gasteiger partial charge in [0.1, 0.15) is 0 Å². The van der Waals surface area contributed by atoms with Crippen LogP contribution in [0.2, 0.25) is 0 Å². The topological polar surface area (TPSA) is 32.3 Å². The summed E-state index contributed by atoms with van der Waals surface area (Å²) >= 11 is 0. The average molecular weight is 318 g/mol. The van der Waals surface area contributed by atoms with Crippen LogP contribution in [0.5, 0.6) is 0 Å². The van der Waals surface area contributed by atoms with Gasteiger partial charge in [-0.05, 0) is 36.4 Å². The molecule has 1 saturated heterocycles. The largest absolute Gasteiger partial charge is 0.304 e. The quantitative estimate of drug-likeness (QED) is 0.743. The van der Waals surface area contributed by atoms with Crippen LogP contribution in [0.3, 0.4) is 0 Å². The lowest BCUT2D eigenvalue weighted by Crippen LogP contribution is -2.43. The first kappa shape index (κ1) is 15.2. The van der Waals surface area contributed by atoms with Crippen LogP contribution in [0.25, 0.3) is 22.0 Å². The summed E-state index contributed by atoms with van der Waals surface area (Å²) < 4.78 is 0. The maximum atomic E-state index is 4.56. The highest BCUT2D eigenvalue weighted by Gasteiger charge is 2.14. The maximum Gasteiger partial charge on any atom is 0.0733 e. The molecule has 4 heteroatoms. The fraction of sp³-hybridized carbons (Fsp3) is 0.300. The summed E-state index contributed by atoms with van der Waals surface area (Å²) in [5.74, 6) is 0. The van der Waals surface area contributed by atoms with Gasteiger partial charge in [0, 0.05) is 62.3 Å². The third-order valence-electron chi connectivity index (χ3n) is 4.74. The van der Waals surface area contributed by atoms with E-state index in [1.54, 1.807) is 6.20 Å². The van der Waals surface area contributed by atoms with Crippen LogP contribution in [0.1, 0.15) is 5.56 Å². The molecule has 0 spiro atoms. The lowest BCUT2D eigenvalue weighted by molar-refractivity contribution is 0.148. The van der Waals surface area contributed by atoms with Crippen molar-refractivity contribution in [3.8, 4) is 11.1 Å². The van der Waals surface area contributed by atoms with Crippen LogP contribution in [0.4, 0.5) is 0 Å². The Balaban J connectivity index is 1.57. The van der Waals surface area contributed by atoms with Crippen molar-refractivity contribution in [3.05, 3.63) is 60.6 Å². The maximum absolute atomic E-state index is 4.56. The molecule has 4 rings (SSSR count). The number of pyridine rings is 2. The molecule has 0 amide bonds. The Kier molecular flexibility index (Phi) is 4.24. The Morgan fingerprint density at radius 3 is 2.71 bits per heavy atom. The number of nitrogens with zero attached hydrogens (tertiary/aromatic N) is 4. The molecule has 0 saturated carbocycles. The van der Waals surface area contributed by atoms with Crippen LogP contribution in [-0.2, 0) is 6.54 Å². The van der Waals surface area contributed by atoms with Crippen molar-refractivity contribution in [2.75, 3.05) is 33.2 Å². The molecule has 0 unspecified atom stereocenters. The van der Waals surface area contributed by atoms with E-state index in [1.165, 1.54) is 11.1 Å². The number of aromatic nitrogens is 2. The second kappa shape index (κ2) is 6.67. The van der Waals surface area contributed by atoms with E-state index in [0.717, 1.165) is 49.2 Å². The molecule has 0 radical (unpaired) electrons. The first-order valence-electron chi connectivity index (χ1n) is 8.48. The third-order valence-corrected chi connectivity index (χ3v) is 4.74. The van der Waals surface area contributed by atoms with Crippen LogP contribution in [-0.4, -0.2) is 53.0 Å². The number of benzene rings is 1. The standard InChI is InChI=1S/C20H22N4/c1-23-7-9-24(10-8-23)15-16-3-2-4-17(11-16)18-12-19-13-21-6-5-20(19)22-14-18/h2-6,11-14H,7-10,15H2,1H3. The minimum Gasteiger partial charge on any atom is -0.304 e. The van der Waals surface area contributed by atoms with E-state index in [2.05, 4.69) is 57.1 Å². The molecule has 0 aliphatic carbocycles. The van der Waals surface area contributed by atoms with Crippen LogP contribution in [0, 0.1) is 0 Å². The third kappa shape index (κ3) is 3.30. The Morgan fingerprint density at radius 2 is 1.83 bits per heavy atom. The second-order valence-corrected chi connectivity index (χ2v) is 6.57. The lowest BCUT2D eigenvalue weighted by Gasteiger charge is -2.32. The monoisotopic (exact) mass is 318 g/mol. The number of rotatable bonds is 3. The molecular formula is C20H22N4. The van der Waals surface area contributed by atoms with E-state index in [9.17, 15) is 0 Å². The smallest absolute Gasteiger partial charge is 0.0733 e. The summed E-state index contributed by atoms with van der Waals surface area (Å²) in [6.45, 7) is 5.61. The van der Waals surface area contributed by atoms with E-state index < -0.39 is 0 Å². The minimum atomic E-state index is 0.988. The van der Waals surface area contributed by atoms with Gasteiger partial charge in [-0.3, -0.25) is 14.9 Å². The molecule has 0 N–H and O–H groups in total. The van der Waals surface area contributed by atoms with Gasteiger partial charge in [-0.25, -0.2) is 0 Å².